The molecule has 1 aliphatic rings. The molecule has 1 aromatic heterocycles. The molecule has 2 atom stereocenters. The Bertz CT molecular complexity index is 391. The third-order valence-electron chi connectivity index (χ3n) is 3.80. The first-order valence-corrected chi connectivity index (χ1v) is 8.98. The SMILES string of the molecule is CCCNCC1CCCN(C)C1c1cc(Br)c(Cl)s1. The molecule has 2 heterocycles. The van der Waals surface area contributed by atoms with Gasteiger partial charge in [-0.05, 0) is 73.9 Å². The second-order valence-electron chi connectivity index (χ2n) is 5.30. The van der Waals surface area contributed by atoms with Crippen LogP contribution >= 0.6 is 38.9 Å². The van der Waals surface area contributed by atoms with Crippen LogP contribution in [0.25, 0.3) is 0 Å². The molecule has 0 bridgehead atoms. The number of likely N-dealkylation sites (tertiary alicyclic amines) is 1. The summed E-state index contributed by atoms with van der Waals surface area (Å²) < 4.78 is 1.91. The minimum absolute atomic E-state index is 0.506. The first-order valence-electron chi connectivity index (χ1n) is 6.99. The van der Waals surface area contributed by atoms with Gasteiger partial charge in [0.2, 0.25) is 0 Å². The summed E-state index contributed by atoms with van der Waals surface area (Å²) >= 11 is 11.5. The Kier molecular flexibility index (Phi) is 6.15. The van der Waals surface area contributed by atoms with Crippen molar-refractivity contribution in [2.45, 2.75) is 32.2 Å². The van der Waals surface area contributed by atoms with Crippen molar-refractivity contribution < 1.29 is 0 Å². The Morgan fingerprint density at radius 3 is 3.00 bits per heavy atom. The lowest BCUT2D eigenvalue weighted by Gasteiger charge is -2.39. The Hall–Kier alpha value is 0.390. The molecule has 2 unspecified atom stereocenters. The van der Waals surface area contributed by atoms with Gasteiger partial charge in [0.25, 0.3) is 0 Å². The van der Waals surface area contributed by atoms with E-state index >= 15 is 0 Å². The van der Waals surface area contributed by atoms with Gasteiger partial charge in [0, 0.05) is 15.4 Å². The molecule has 19 heavy (non-hydrogen) atoms. The average molecular weight is 366 g/mol. The molecule has 1 N–H and O–H groups in total. The van der Waals surface area contributed by atoms with E-state index in [1.807, 2.05) is 0 Å². The molecule has 108 valence electrons. The molecule has 1 aliphatic heterocycles. The van der Waals surface area contributed by atoms with E-state index in [4.69, 9.17) is 11.6 Å². The van der Waals surface area contributed by atoms with Crippen molar-refractivity contribution in [3.8, 4) is 0 Å². The van der Waals surface area contributed by atoms with Crippen LogP contribution in [0.4, 0.5) is 0 Å². The Morgan fingerprint density at radius 2 is 2.37 bits per heavy atom. The number of thiophene rings is 1. The van der Waals surface area contributed by atoms with E-state index in [0.29, 0.717) is 12.0 Å². The monoisotopic (exact) mass is 364 g/mol. The van der Waals surface area contributed by atoms with Crippen LogP contribution in [0, 0.1) is 5.92 Å². The number of hydrogen-bond donors (Lipinski definition) is 1. The zero-order valence-electron chi connectivity index (χ0n) is 11.6. The van der Waals surface area contributed by atoms with Crippen LogP contribution in [0.3, 0.4) is 0 Å². The van der Waals surface area contributed by atoms with Crippen LogP contribution in [0.5, 0.6) is 0 Å². The highest BCUT2D eigenvalue weighted by Crippen LogP contribution is 2.42. The smallest absolute Gasteiger partial charge is 0.107 e. The molecule has 5 heteroatoms. The number of halogens is 2. The maximum atomic E-state index is 6.21. The van der Waals surface area contributed by atoms with Crippen LogP contribution in [0.2, 0.25) is 4.34 Å². The zero-order valence-corrected chi connectivity index (χ0v) is 14.7. The largest absolute Gasteiger partial charge is 0.316 e. The number of nitrogens with one attached hydrogen (secondary N) is 1. The molecule has 1 aromatic rings. The molecule has 2 nitrogen and oxygen atoms in total. The van der Waals surface area contributed by atoms with Gasteiger partial charge in [-0.15, -0.1) is 11.3 Å². The molecule has 0 aromatic carbocycles. The van der Waals surface area contributed by atoms with E-state index in [0.717, 1.165) is 21.9 Å². The molecule has 1 fully saturated rings. The van der Waals surface area contributed by atoms with Gasteiger partial charge < -0.3 is 5.32 Å². The van der Waals surface area contributed by atoms with Gasteiger partial charge in [0.1, 0.15) is 4.34 Å². The molecule has 0 amide bonds. The first-order chi connectivity index (χ1) is 9.13. The molecule has 1 saturated heterocycles. The molecular formula is C14H22BrClN2S. The van der Waals surface area contributed by atoms with Gasteiger partial charge in [-0.2, -0.15) is 0 Å². The van der Waals surface area contributed by atoms with E-state index in [2.05, 4.69) is 46.2 Å². The predicted octanol–water partition coefficient (Wildman–Crippen LogP) is 4.55. The quantitative estimate of drug-likeness (QED) is 0.770. The standard InChI is InChI=1S/C14H22BrClN2S/c1-3-6-17-9-10-5-4-7-18(2)13(10)12-8-11(15)14(16)19-12/h8,10,13,17H,3-7,9H2,1-2H3. The van der Waals surface area contributed by atoms with Gasteiger partial charge in [-0.1, -0.05) is 18.5 Å². The Morgan fingerprint density at radius 1 is 1.58 bits per heavy atom. The van der Waals surface area contributed by atoms with Crippen molar-refractivity contribution in [3.05, 3.63) is 19.8 Å². The maximum Gasteiger partial charge on any atom is 0.107 e. The Balaban J connectivity index is 2.11. The summed E-state index contributed by atoms with van der Waals surface area (Å²) in [5.41, 5.74) is 0. The van der Waals surface area contributed by atoms with Crippen molar-refractivity contribution in [2.24, 2.45) is 5.92 Å². The van der Waals surface area contributed by atoms with Crippen molar-refractivity contribution in [2.75, 3.05) is 26.7 Å². The van der Waals surface area contributed by atoms with Crippen LogP contribution in [-0.4, -0.2) is 31.6 Å². The van der Waals surface area contributed by atoms with E-state index in [1.165, 1.54) is 30.7 Å². The van der Waals surface area contributed by atoms with Crippen LogP contribution in [-0.2, 0) is 0 Å². The highest BCUT2D eigenvalue weighted by Gasteiger charge is 2.31. The van der Waals surface area contributed by atoms with Gasteiger partial charge in [-0.3, -0.25) is 4.90 Å². The number of rotatable bonds is 5. The second-order valence-corrected chi connectivity index (χ2v) is 7.84. The third-order valence-corrected chi connectivity index (χ3v) is 6.34. The number of piperidine rings is 1. The summed E-state index contributed by atoms with van der Waals surface area (Å²) in [7, 11) is 2.23. The topological polar surface area (TPSA) is 15.3 Å². The van der Waals surface area contributed by atoms with Crippen molar-refractivity contribution in [1.82, 2.24) is 10.2 Å². The van der Waals surface area contributed by atoms with E-state index < -0.39 is 0 Å². The average Bonchev–Trinajstić information content (AvgIpc) is 2.69. The van der Waals surface area contributed by atoms with E-state index in [9.17, 15) is 0 Å². The lowest BCUT2D eigenvalue weighted by atomic mass is 9.88. The molecule has 0 radical (unpaired) electrons. The van der Waals surface area contributed by atoms with Crippen molar-refractivity contribution in [1.29, 1.82) is 0 Å². The van der Waals surface area contributed by atoms with Crippen LogP contribution in [0.1, 0.15) is 37.1 Å². The fraction of sp³-hybridized carbons (Fsp3) is 0.714. The van der Waals surface area contributed by atoms with E-state index in [-0.39, 0.29) is 0 Å². The fourth-order valence-corrected chi connectivity index (χ4v) is 4.89. The van der Waals surface area contributed by atoms with Crippen LogP contribution < -0.4 is 5.32 Å². The molecule has 2 rings (SSSR count). The predicted molar refractivity (Wildman–Crippen MR) is 88.3 cm³/mol. The minimum Gasteiger partial charge on any atom is -0.316 e. The van der Waals surface area contributed by atoms with Crippen LogP contribution in [0.15, 0.2) is 10.5 Å². The third kappa shape index (κ3) is 3.94. The highest BCUT2D eigenvalue weighted by molar-refractivity contribution is 9.10. The normalized spacial score (nSPS) is 24.8. The maximum absolute atomic E-state index is 6.21. The fourth-order valence-electron chi connectivity index (χ4n) is 2.90. The van der Waals surface area contributed by atoms with Crippen molar-refractivity contribution in [3.63, 3.8) is 0 Å². The van der Waals surface area contributed by atoms with Gasteiger partial charge >= 0.3 is 0 Å². The summed E-state index contributed by atoms with van der Waals surface area (Å²) in [5, 5.41) is 3.58. The minimum atomic E-state index is 0.506. The first kappa shape index (κ1) is 15.8. The lowest BCUT2D eigenvalue weighted by Crippen LogP contribution is -2.40. The number of nitrogens with zero attached hydrogens (tertiary/aromatic N) is 1. The van der Waals surface area contributed by atoms with Gasteiger partial charge in [0.15, 0.2) is 0 Å². The van der Waals surface area contributed by atoms with Gasteiger partial charge in [-0.25, -0.2) is 0 Å². The lowest BCUT2D eigenvalue weighted by molar-refractivity contribution is 0.122. The molecular weight excluding hydrogens is 344 g/mol. The summed E-state index contributed by atoms with van der Waals surface area (Å²) in [4.78, 5) is 3.87. The molecule has 0 saturated carbocycles. The summed E-state index contributed by atoms with van der Waals surface area (Å²) in [6.07, 6.45) is 3.80. The highest BCUT2D eigenvalue weighted by atomic mass is 79.9. The second kappa shape index (κ2) is 7.41. The van der Waals surface area contributed by atoms with Gasteiger partial charge in [0.05, 0.1) is 0 Å². The summed E-state index contributed by atoms with van der Waals surface area (Å²) in [6, 6.07) is 2.71. The Labute approximate surface area is 133 Å². The molecule has 0 spiro atoms. The summed E-state index contributed by atoms with van der Waals surface area (Å²) in [6.45, 7) is 5.62. The van der Waals surface area contributed by atoms with E-state index in [1.54, 1.807) is 11.3 Å². The zero-order chi connectivity index (χ0) is 13.8. The summed E-state index contributed by atoms with van der Waals surface area (Å²) in [5.74, 6) is 0.687. The number of hydrogen-bond acceptors (Lipinski definition) is 3. The molecule has 0 aliphatic carbocycles. The van der Waals surface area contributed by atoms with Crippen molar-refractivity contribution >= 4 is 38.9 Å².